The van der Waals surface area contributed by atoms with Crippen LogP contribution in [0.3, 0.4) is 0 Å². The lowest BCUT2D eigenvalue weighted by Gasteiger charge is -2.48. The smallest absolute Gasteiger partial charge is 0.354 e. The van der Waals surface area contributed by atoms with Gasteiger partial charge in [-0.3, -0.25) is 19.3 Å². The van der Waals surface area contributed by atoms with Crippen molar-refractivity contribution in [3.8, 4) is 0 Å². The first-order valence-electron chi connectivity index (χ1n) is 10.2. The van der Waals surface area contributed by atoms with Gasteiger partial charge in [0.1, 0.15) is 0 Å². The minimum atomic E-state index is -1.61. The Bertz CT molecular complexity index is 925. The van der Waals surface area contributed by atoms with Crippen LogP contribution in [0.4, 0.5) is 5.69 Å². The maximum atomic E-state index is 13.3. The summed E-state index contributed by atoms with van der Waals surface area (Å²) in [7, 11) is 0. The monoisotopic (exact) mass is 411 g/mol. The van der Waals surface area contributed by atoms with Gasteiger partial charge in [-0.1, -0.05) is 18.2 Å². The molecular weight excluding hydrogens is 386 g/mol. The minimum Gasteiger partial charge on any atom is -0.452 e. The van der Waals surface area contributed by atoms with Crippen LogP contribution < -0.4 is 10.2 Å². The summed E-state index contributed by atoms with van der Waals surface area (Å²) in [4.78, 5) is 54.2. The minimum absolute atomic E-state index is 0.0271. The molecule has 1 N–H and O–H groups in total. The van der Waals surface area contributed by atoms with E-state index in [1.165, 1.54) is 15.9 Å². The molecule has 0 bridgehead atoms. The Hall–Kier alpha value is -3.16. The molecule has 0 spiro atoms. The zero-order chi connectivity index (χ0) is 21.5. The molecule has 3 amide bonds. The van der Waals surface area contributed by atoms with E-state index in [0.29, 0.717) is 17.2 Å². The standard InChI is InChI=1S/C22H25N3O5/c1-3-12-24-20(28)16-6-4-5-7-17(16)25-19(27)10-11-22(24,25)21(29)30-13-18(26)23-14(2)15-8-9-15/h3-7,14-15H,1,8-13H2,2H3,(H,23,26)/t14-,22-/m0/s1. The molecular formula is C22H25N3O5. The second kappa shape index (κ2) is 7.59. The second-order valence-electron chi connectivity index (χ2n) is 8.04. The molecule has 1 saturated carbocycles. The molecule has 3 aliphatic rings. The number of anilines is 1. The fourth-order valence-corrected chi connectivity index (χ4v) is 4.39. The predicted molar refractivity (Wildman–Crippen MR) is 108 cm³/mol. The lowest BCUT2D eigenvalue weighted by Crippen LogP contribution is -2.68. The molecule has 30 heavy (non-hydrogen) atoms. The predicted octanol–water partition coefficient (Wildman–Crippen LogP) is 1.61. The van der Waals surface area contributed by atoms with Gasteiger partial charge in [-0.15, -0.1) is 6.58 Å². The van der Waals surface area contributed by atoms with Gasteiger partial charge in [0.2, 0.25) is 11.6 Å². The Morgan fingerprint density at radius 1 is 1.33 bits per heavy atom. The first-order chi connectivity index (χ1) is 14.4. The highest BCUT2D eigenvalue weighted by Crippen LogP contribution is 2.45. The number of nitrogens with zero attached hydrogens (tertiary/aromatic N) is 2. The number of esters is 1. The van der Waals surface area contributed by atoms with Gasteiger partial charge in [0.25, 0.3) is 11.8 Å². The molecule has 2 atom stereocenters. The number of rotatable bonds is 7. The zero-order valence-electron chi connectivity index (χ0n) is 16.9. The third-order valence-corrected chi connectivity index (χ3v) is 6.06. The Morgan fingerprint density at radius 2 is 2.07 bits per heavy atom. The van der Waals surface area contributed by atoms with Gasteiger partial charge in [-0.25, -0.2) is 4.79 Å². The lowest BCUT2D eigenvalue weighted by molar-refractivity contribution is -0.160. The van der Waals surface area contributed by atoms with Crippen LogP contribution in [0, 0.1) is 5.92 Å². The topological polar surface area (TPSA) is 96.0 Å². The average Bonchev–Trinajstić information content (AvgIpc) is 3.53. The maximum absolute atomic E-state index is 13.3. The van der Waals surface area contributed by atoms with Crippen molar-refractivity contribution in [2.75, 3.05) is 18.1 Å². The van der Waals surface area contributed by atoms with Crippen LogP contribution in [0.5, 0.6) is 0 Å². The fourth-order valence-electron chi connectivity index (χ4n) is 4.39. The van der Waals surface area contributed by atoms with Gasteiger partial charge in [0, 0.05) is 25.4 Å². The molecule has 2 aliphatic heterocycles. The quantitative estimate of drug-likeness (QED) is 0.543. The van der Waals surface area contributed by atoms with Crippen molar-refractivity contribution in [3.05, 3.63) is 42.5 Å². The van der Waals surface area contributed by atoms with Crippen molar-refractivity contribution in [1.29, 1.82) is 0 Å². The van der Waals surface area contributed by atoms with Crippen molar-refractivity contribution < 1.29 is 23.9 Å². The second-order valence-corrected chi connectivity index (χ2v) is 8.04. The number of hydrogen-bond acceptors (Lipinski definition) is 5. The molecule has 4 rings (SSSR count). The molecule has 1 saturated heterocycles. The number of para-hydroxylation sites is 1. The maximum Gasteiger partial charge on any atom is 0.354 e. The van der Waals surface area contributed by atoms with Gasteiger partial charge in [-0.05, 0) is 37.8 Å². The number of benzene rings is 1. The van der Waals surface area contributed by atoms with E-state index in [-0.39, 0.29) is 37.2 Å². The van der Waals surface area contributed by atoms with Crippen LogP contribution in [0.25, 0.3) is 0 Å². The van der Waals surface area contributed by atoms with E-state index in [1.807, 2.05) is 6.92 Å². The van der Waals surface area contributed by atoms with Gasteiger partial charge >= 0.3 is 5.97 Å². The number of amides is 3. The van der Waals surface area contributed by atoms with Gasteiger partial charge in [0.15, 0.2) is 6.61 Å². The zero-order valence-corrected chi connectivity index (χ0v) is 16.9. The highest BCUT2D eigenvalue weighted by molar-refractivity contribution is 6.15. The molecule has 8 heteroatoms. The Balaban J connectivity index is 1.62. The third-order valence-electron chi connectivity index (χ3n) is 6.06. The van der Waals surface area contributed by atoms with Crippen LogP contribution in [-0.4, -0.2) is 53.4 Å². The van der Waals surface area contributed by atoms with E-state index in [9.17, 15) is 19.2 Å². The van der Waals surface area contributed by atoms with Crippen LogP contribution in [0.1, 0.15) is 43.0 Å². The summed E-state index contributed by atoms with van der Waals surface area (Å²) in [6.45, 7) is 5.22. The molecule has 1 aromatic carbocycles. The van der Waals surface area contributed by atoms with E-state index in [2.05, 4.69) is 11.9 Å². The number of carbonyl (C=O) groups excluding carboxylic acids is 4. The molecule has 8 nitrogen and oxygen atoms in total. The molecule has 1 aliphatic carbocycles. The SMILES string of the molecule is C=CCN1C(=O)c2ccccc2N2C(=O)CC[C@]12C(=O)OCC(=O)N[C@@H](C)C1CC1. The van der Waals surface area contributed by atoms with Crippen LogP contribution in [0.2, 0.25) is 0 Å². The number of carbonyl (C=O) groups is 4. The van der Waals surface area contributed by atoms with E-state index in [0.717, 1.165) is 12.8 Å². The molecule has 0 aromatic heterocycles. The molecule has 158 valence electrons. The van der Waals surface area contributed by atoms with Crippen molar-refractivity contribution in [1.82, 2.24) is 10.2 Å². The summed E-state index contributed by atoms with van der Waals surface area (Å²) < 4.78 is 5.36. The molecule has 0 unspecified atom stereocenters. The van der Waals surface area contributed by atoms with E-state index in [1.54, 1.807) is 24.3 Å². The number of hydrogen-bond donors (Lipinski definition) is 1. The van der Waals surface area contributed by atoms with Crippen molar-refractivity contribution in [3.63, 3.8) is 0 Å². The Morgan fingerprint density at radius 3 is 2.77 bits per heavy atom. The van der Waals surface area contributed by atoms with Crippen LogP contribution >= 0.6 is 0 Å². The first-order valence-corrected chi connectivity index (χ1v) is 10.2. The van der Waals surface area contributed by atoms with E-state index >= 15 is 0 Å². The number of fused-ring (bicyclic) bond motifs is 3. The summed E-state index contributed by atoms with van der Waals surface area (Å²) in [5.74, 6) is -1.35. The summed E-state index contributed by atoms with van der Waals surface area (Å²) in [6, 6.07) is 6.72. The molecule has 2 fully saturated rings. The highest BCUT2D eigenvalue weighted by atomic mass is 16.5. The largest absolute Gasteiger partial charge is 0.452 e. The number of ether oxygens (including phenoxy) is 1. The Kier molecular flexibility index (Phi) is 5.09. The lowest BCUT2D eigenvalue weighted by atomic mass is 9.96. The van der Waals surface area contributed by atoms with Gasteiger partial charge < -0.3 is 15.0 Å². The van der Waals surface area contributed by atoms with Crippen molar-refractivity contribution >= 4 is 29.4 Å². The van der Waals surface area contributed by atoms with Crippen molar-refractivity contribution in [2.24, 2.45) is 5.92 Å². The Labute approximate surface area is 174 Å². The summed E-state index contributed by atoms with van der Waals surface area (Å²) in [5, 5.41) is 2.83. The fraction of sp³-hybridized carbons (Fsp3) is 0.455. The normalized spacial score (nSPS) is 23.5. The summed E-state index contributed by atoms with van der Waals surface area (Å²) >= 11 is 0. The summed E-state index contributed by atoms with van der Waals surface area (Å²) in [5.41, 5.74) is -0.887. The summed E-state index contributed by atoms with van der Waals surface area (Å²) in [6.07, 6.45) is 3.86. The molecule has 0 radical (unpaired) electrons. The third kappa shape index (κ3) is 3.16. The average molecular weight is 411 g/mol. The van der Waals surface area contributed by atoms with Gasteiger partial charge in [0.05, 0.1) is 11.3 Å². The van der Waals surface area contributed by atoms with E-state index in [4.69, 9.17) is 4.74 Å². The van der Waals surface area contributed by atoms with Crippen molar-refractivity contribution in [2.45, 2.75) is 44.3 Å². The van der Waals surface area contributed by atoms with E-state index < -0.39 is 24.1 Å². The molecule has 2 heterocycles. The van der Waals surface area contributed by atoms with Crippen LogP contribution in [-0.2, 0) is 19.1 Å². The highest BCUT2D eigenvalue weighted by Gasteiger charge is 2.61. The van der Waals surface area contributed by atoms with Crippen LogP contribution in [0.15, 0.2) is 36.9 Å². The molecule has 1 aromatic rings. The first kappa shape index (κ1) is 20.1. The number of nitrogens with one attached hydrogen (secondary N) is 1. The van der Waals surface area contributed by atoms with Gasteiger partial charge in [-0.2, -0.15) is 0 Å².